The zero-order chi connectivity index (χ0) is 24.2. The van der Waals surface area contributed by atoms with E-state index in [0.29, 0.717) is 21.1 Å². The lowest BCUT2D eigenvalue weighted by Crippen LogP contribution is -2.14. The van der Waals surface area contributed by atoms with Crippen molar-refractivity contribution < 1.29 is 9.53 Å². The highest BCUT2D eigenvalue weighted by Crippen LogP contribution is 2.27. The molecule has 7 nitrogen and oxygen atoms in total. The summed E-state index contributed by atoms with van der Waals surface area (Å²) in [4.78, 5) is 16.9. The molecule has 0 aliphatic carbocycles. The first kappa shape index (κ1) is 24.3. The maximum Gasteiger partial charge on any atom is 0.236 e. The van der Waals surface area contributed by atoms with Crippen molar-refractivity contribution in [2.45, 2.75) is 32.0 Å². The molecule has 0 aliphatic rings. The highest BCUT2D eigenvalue weighted by atomic mass is 35.5. The Morgan fingerprint density at radius 1 is 1.18 bits per heavy atom. The minimum atomic E-state index is -0.288. The van der Waals surface area contributed by atoms with Gasteiger partial charge in [0.2, 0.25) is 5.91 Å². The molecule has 1 amide bonds. The molecule has 2 heterocycles. The fourth-order valence-corrected chi connectivity index (χ4v) is 4.80. The molecule has 1 atom stereocenters. The molecule has 4 aromatic rings. The summed E-state index contributed by atoms with van der Waals surface area (Å²) in [5.74, 6) is 1.50. The van der Waals surface area contributed by atoms with E-state index < -0.39 is 0 Å². The van der Waals surface area contributed by atoms with Gasteiger partial charge in [0.15, 0.2) is 22.2 Å². The SMILES string of the molecule is Cc1ccc(OC(C)c2nnc(SCC(=O)Nc3nc(-c4ccc(Cl)cc4)cs3)n2C)cc1C. The van der Waals surface area contributed by atoms with Crippen LogP contribution in [0.5, 0.6) is 5.75 Å². The van der Waals surface area contributed by atoms with Gasteiger partial charge < -0.3 is 14.6 Å². The predicted octanol–water partition coefficient (Wildman–Crippen LogP) is 6.08. The van der Waals surface area contributed by atoms with Crippen LogP contribution in [0.15, 0.2) is 53.0 Å². The van der Waals surface area contributed by atoms with Gasteiger partial charge in [-0.3, -0.25) is 4.79 Å². The number of carbonyl (C=O) groups is 1. The second-order valence-corrected chi connectivity index (χ2v) is 10.0. The normalized spacial score (nSPS) is 11.9. The van der Waals surface area contributed by atoms with E-state index in [1.54, 1.807) is 0 Å². The Hall–Kier alpha value is -2.88. The van der Waals surface area contributed by atoms with Gasteiger partial charge >= 0.3 is 0 Å². The van der Waals surface area contributed by atoms with Gasteiger partial charge in [-0.05, 0) is 56.2 Å². The first-order valence-corrected chi connectivity index (χ1v) is 12.8. The Bertz CT molecular complexity index is 1300. The summed E-state index contributed by atoms with van der Waals surface area (Å²) in [6.45, 7) is 6.05. The zero-order valence-corrected chi connectivity index (χ0v) is 21.6. The molecule has 34 heavy (non-hydrogen) atoms. The number of hydrogen-bond donors (Lipinski definition) is 1. The summed E-state index contributed by atoms with van der Waals surface area (Å²) in [5, 5.41) is 15.1. The van der Waals surface area contributed by atoms with E-state index in [9.17, 15) is 4.79 Å². The highest BCUT2D eigenvalue weighted by Gasteiger charge is 2.18. The number of rotatable bonds is 8. The number of ether oxygens (including phenoxy) is 1. The Morgan fingerprint density at radius 3 is 2.68 bits per heavy atom. The standard InChI is InChI=1S/C24H24ClN5O2S2/c1-14-5-10-19(11-15(14)2)32-16(3)22-28-29-24(30(22)4)34-13-21(31)27-23-26-20(12-33-23)17-6-8-18(25)9-7-17/h5-12,16H,13H2,1-4H3,(H,26,27,31). The average Bonchev–Trinajstić information content (AvgIpc) is 3.42. The van der Waals surface area contributed by atoms with Crippen LogP contribution in [-0.2, 0) is 11.8 Å². The maximum atomic E-state index is 12.5. The van der Waals surface area contributed by atoms with Crippen molar-refractivity contribution in [3.8, 4) is 17.0 Å². The first-order chi connectivity index (χ1) is 16.3. The molecule has 0 radical (unpaired) electrons. The van der Waals surface area contributed by atoms with E-state index in [2.05, 4.69) is 34.3 Å². The van der Waals surface area contributed by atoms with Crippen LogP contribution >= 0.6 is 34.7 Å². The van der Waals surface area contributed by atoms with E-state index in [1.807, 2.05) is 66.4 Å². The maximum absolute atomic E-state index is 12.5. The highest BCUT2D eigenvalue weighted by molar-refractivity contribution is 7.99. The summed E-state index contributed by atoms with van der Waals surface area (Å²) in [6, 6.07) is 13.4. The number of nitrogens with zero attached hydrogens (tertiary/aromatic N) is 4. The largest absolute Gasteiger partial charge is 0.483 e. The van der Waals surface area contributed by atoms with Gasteiger partial charge in [0, 0.05) is 23.0 Å². The Kier molecular flexibility index (Phi) is 7.55. The second kappa shape index (κ2) is 10.6. The van der Waals surface area contributed by atoms with Crippen LogP contribution in [0, 0.1) is 13.8 Å². The molecule has 1 N–H and O–H groups in total. The van der Waals surface area contributed by atoms with Crippen LogP contribution in [0.25, 0.3) is 11.3 Å². The predicted molar refractivity (Wildman–Crippen MR) is 138 cm³/mol. The number of thiazole rings is 1. The third kappa shape index (κ3) is 5.78. The number of thioether (sulfide) groups is 1. The van der Waals surface area contributed by atoms with Crippen molar-refractivity contribution >= 4 is 45.7 Å². The van der Waals surface area contributed by atoms with Crippen LogP contribution in [0.2, 0.25) is 5.02 Å². The van der Waals surface area contributed by atoms with Gasteiger partial charge in [0.1, 0.15) is 5.75 Å². The minimum absolute atomic E-state index is 0.161. The van der Waals surface area contributed by atoms with Crippen molar-refractivity contribution in [3.63, 3.8) is 0 Å². The number of amides is 1. The number of aromatic nitrogens is 4. The topological polar surface area (TPSA) is 81.9 Å². The third-order valence-electron chi connectivity index (χ3n) is 5.25. The molecule has 176 valence electrons. The van der Waals surface area contributed by atoms with Crippen molar-refractivity contribution in [2.75, 3.05) is 11.1 Å². The molecule has 10 heteroatoms. The molecule has 2 aromatic carbocycles. The minimum Gasteiger partial charge on any atom is -0.483 e. The van der Waals surface area contributed by atoms with E-state index in [0.717, 1.165) is 17.0 Å². The summed E-state index contributed by atoms with van der Waals surface area (Å²) >= 11 is 8.63. The Morgan fingerprint density at radius 2 is 1.94 bits per heavy atom. The van der Waals surface area contributed by atoms with Gasteiger partial charge in [-0.25, -0.2) is 4.98 Å². The van der Waals surface area contributed by atoms with Crippen LogP contribution in [-0.4, -0.2) is 31.4 Å². The lowest BCUT2D eigenvalue weighted by Gasteiger charge is -2.15. The lowest BCUT2D eigenvalue weighted by molar-refractivity contribution is -0.113. The van der Waals surface area contributed by atoms with E-state index in [4.69, 9.17) is 16.3 Å². The van der Waals surface area contributed by atoms with Crippen molar-refractivity contribution in [1.82, 2.24) is 19.7 Å². The quantitative estimate of drug-likeness (QED) is 0.287. The molecule has 0 fully saturated rings. The molecule has 0 bridgehead atoms. The third-order valence-corrected chi connectivity index (χ3v) is 7.28. The summed E-state index contributed by atoms with van der Waals surface area (Å²) in [5.41, 5.74) is 4.12. The fourth-order valence-electron chi connectivity index (χ4n) is 3.22. The molecule has 2 aromatic heterocycles. The monoisotopic (exact) mass is 513 g/mol. The average molecular weight is 514 g/mol. The smallest absolute Gasteiger partial charge is 0.236 e. The van der Waals surface area contributed by atoms with Crippen molar-refractivity contribution in [3.05, 3.63) is 69.8 Å². The van der Waals surface area contributed by atoms with Crippen LogP contribution in [0.3, 0.4) is 0 Å². The van der Waals surface area contributed by atoms with Gasteiger partial charge in [-0.1, -0.05) is 41.6 Å². The van der Waals surface area contributed by atoms with Crippen molar-refractivity contribution in [1.29, 1.82) is 0 Å². The zero-order valence-electron chi connectivity index (χ0n) is 19.2. The second-order valence-electron chi connectivity index (χ2n) is 7.79. The van der Waals surface area contributed by atoms with E-state index in [1.165, 1.54) is 34.2 Å². The van der Waals surface area contributed by atoms with Crippen LogP contribution in [0.1, 0.15) is 30.0 Å². The number of nitrogens with one attached hydrogen (secondary N) is 1. The fraction of sp³-hybridized carbons (Fsp3) is 0.250. The number of anilines is 1. The van der Waals surface area contributed by atoms with Crippen LogP contribution in [0.4, 0.5) is 5.13 Å². The Labute approximate surface area is 211 Å². The van der Waals surface area contributed by atoms with Gasteiger partial charge in [-0.2, -0.15) is 0 Å². The molecule has 0 saturated heterocycles. The molecular weight excluding hydrogens is 490 g/mol. The van der Waals surface area contributed by atoms with E-state index in [-0.39, 0.29) is 17.8 Å². The number of halogens is 1. The van der Waals surface area contributed by atoms with E-state index >= 15 is 0 Å². The lowest BCUT2D eigenvalue weighted by atomic mass is 10.1. The number of aryl methyl sites for hydroxylation is 2. The van der Waals surface area contributed by atoms with Crippen molar-refractivity contribution in [2.24, 2.45) is 7.05 Å². The molecule has 0 aliphatic heterocycles. The summed E-state index contributed by atoms with van der Waals surface area (Å²) < 4.78 is 7.91. The Balaban J connectivity index is 1.33. The first-order valence-electron chi connectivity index (χ1n) is 10.6. The molecule has 0 saturated carbocycles. The van der Waals surface area contributed by atoms with Gasteiger partial charge in [0.25, 0.3) is 0 Å². The molecule has 0 spiro atoms. The van der Waals surface area contributed by atoms with Gasteiger partial charge in [-0.15, -0.1) is 21.5 Å². The molecule has 4 rings (SSSR count). The van der Waals surface area contributed by atoms with Gasteiger partial charge in [0.05, 0.1) is 11.4 Å². The number of benzene rings is 2. The van der Waals surface area contributed by atoms with Crippen LogP contribution < -0.4 is 10.1 Å². The number of hydrogen-bond acceptors (Lipinski definition) is 7. The molecule has 1 unspecified atom stereocenters. The molecular formula is C24H24ClN5O2S2. The summed E-state index contributed by atoms with van der Waals surface area (Å²) in [7, 11) is 1.87. The summed E-state index contributed by atoms with van der Waals surface area (Å²) in [6.07, 6.45) is -0.288. The number of carbonyl (C=O) groups excluding carboxylic acids is 1.